The van der Waals surface area contributed by atoms with Crippen LogP contribution in [0.25, 0.3) is 10.2 Å². The van der Waals surface area contributed by atoms with E-state index in [1.54, 1.807) is 22.9 Å². The third-order valence-corrected chi connectivity index (χ3v) is 6.21. The molecule has 0 bridgehead atoms. The van der Waals surface area contributed by atoms with E-state index in [-0.39, 0.29) is 5.75 Å². The molecular weight excluding hydrogens is 342 g/mol. The van der Waals surface area contributed by atoms with Crippen molar-refractivity contribution in [2.75, 3.05) is 31.1 Å². The van der Waals surface area contributed by atoms with Crippen LogP contribution < -0.4 is 4.90 Å². The number of benzene rings is 2. The van der Waals surface area contributed by atoms with Gasteiger partial charge in [0.15, 0.2) is 0 Å². The highest BCUT2D eigenvalue weighted by atomic mass is 32.1. The molecule has 0 spiro atoms. The highest BCUT2D eigenvalue weighted by Crippen LogP contribution is 2.36. The third-order valence-electron chi connectivity index (χ3n) is 5.36. The molecule has 0 N–H and O–H groups in total. The van der Waals surface area contributed by atoms with Gasteiger partial charge in [-0.3, -0.25) is 10.0 Å². The molecule has 135 valence electrons. The van der Waals surface area contributed by atoms with Gasteiger partial charge in [-0.15, -0.1) is 11.3 Å². The lowest BCUT2D eigenvalue weighted by Gasteiger charge is -2.36. The molecular formula is C21H24N3OS. The Morgan fingerprint density at radius 1 is 1.04 bits per heavy atom. The van der Waals surface area contributed by atoms with Crippen molar-refractivity contribution >= 4 is 27.2 Å². The Labute approximate surface area is 158 Å². The highest BCUT2D eigenvalue weighted by molar-refractivity contribution is 7.17. The summed E-state index contributed by atoms with van der Waals surface area (Å²) in [4.78, 5) is 9.17. The Bertz CT molecular complexity index is 919. The standard InChI is InChI=1S/C21H24N3OS/c1-14-10-15(2)17(16(3)11-14)12-23-6-8-24(9-7-23)18-4-5-19(25)20-21(18)26-13-22-20/h4-5,10-11,13H,6-9,12H2,1-3H3. The maximum atomic E-state index is 11.9. The lowest BCUT2D eigenvalue weighted by molar-refractivity contribution is 0.249. The fraction of sp³-hybridized carbons (Fsp3) is 0.381. The number of thiazole rings is 1. The van der Waals surface area contributed by atoms with E-state index >= 15 is 0 Å². The minimum absolute atomic E-state index is 0.0222. The third kappa shape index (κ3) is 3.17. The lowest BCUT2D eigenvalue weighted by Crippen LogP contribution is -2.46. The van der Waals surface area contributed by atoms with Gasteiger partial charge in [0.05, 0.1) is 15.9 Å². The van der Waals surface area contributed by atoms with Crippen LogP contribution in [0.15, 0.2) is 29.8 Å². The first-order valence-electron chi connectivity index (χ1n) is 9.10. The summed E-state index contributed by atoms with van der Waals surface area (Å²) in [6.45, 7) is 11.6. The molecule has 0 aliphatic carbocycles. The van der Waals surface area contributed by atoms with Gasteiger partial charge in [0.1, 0.15) is 5.52 Å². The highest BCUT2D eigenvalue weighted by Gasteiger charge is 2.21. The zero-order valence-corrected chi connectivity index (χ0v) is 16.4. The molecule has 1 radical (unpaired) electrons. The zero-order valence-electron chi connectivity index (χ0n) is 15.6. The van der Waals surface area contributed by atoms with Gasteiger partial charge in [-0.1, -0.05) is 17.7 Å². The fourth-order valence-corrected chi connectivity index (χ4v) is 4.84. The van der Waals surface area contributed by atoms with Crippen LogP contribution in [0.3, 0.4) is 0 Å². The van der Waals surface area contributed by atoms with E-state index in [1.165, 1.54) is 22.3 Å². The SMILES string of the molecule is Cc1cc(C)c(CN2CCN(c3ccc([O])c4ncsc34)CC2)c(C)c1. The zero-order chi connectivity index (χ0) is 18.3. The molecule has 0 atom stereocenters. The Hall–Kier alpha value is -2.11. The second-order valence-corrected chi connectivity index (χ2v) is 8.11. The van der Waals surface area contributed by atoms with Gasteiger partial charge >= 0.3 is 0 Å². The van der Waals surface area contributed by atoms with Gasteiger partial charge in [0.25, 0.3) is 0 Å². The van der Waals surface area contributed by atoms with Crippen molar-refractivity contribution in [3.05, 3.63) is 52.0 Å². The molecule has 4 rings (SSSR count). The molecule has 0 unspecified atom stereocenters. The molecule has 5 heteroatoms. The summed E-state index contributed by atoms with van der Waals surface area (Å²) in [6, 6.07) is 8.18. The van der Waals surface area contributed by atoms with E-state index in [4.69, 9.17) is 0 Å². The smallest absolute Gasteiger partial charge is 0.205 e. The average Bonchev–Trinajstić information content (AvgIpc) is 3.10. The first-order chi connectivity index (χ1) is 12.5. The summed E-state index contributed by atoms with van der Waals surface area (Å²) in [5.41, 5.74) is 9.12. The number of hydrogen-bond acceptors (Lipinski definition) is 4. The van der Waals surface area contributed by atoms with E-state index in [1.807, 2.05) is 6.07 Å². The molecule has 1 aliphatic heterocycles. The van der Waals surface area contributed by atoms with E-state index in [0.29, 0.717) is 5.52 Å². The van der Waals surface area contributed by atoms with Crippen LogP contribution in [0.1, 0.15) is 22.3 Å². The molecule has 1 aliphatic rings. The van der Waals surface area contributed by atoms with Crippen LogP contribution in [0.5, 0.6) is 5.75 Å². The van der Waals surface area contributed by atoms with E-state index in [0.717, 1.165) is 43.1 Å². The second kappa shape index (κ2) is 6.89. The van der Waals surface area contributed by atoms with Crippen molar-refractivity contribution in [3.8, 4) is 5.75 Å². The predicted molar refractivity (Wildman–Crippen MR) is 108 cm³/mol. The Kier molecular flexibility index (Phi) is 4.59. The summed E-state index contributed by atoms with van der Waals surface area (Å²) < 4.78 is 1.02. The molecule has 1 aromatic heterocycles. The van der Waals surface area contributed by atoms with Gasteiger partial charge in [-0.05, 0) is 49.6 Å². The summed E-state index contributed by atoms with van der Waals surface area (Å²) >= 11 is 1.56. The molecule has 1 fully saturated rings. The van der Waals surface area contributed by atoms with E-state index in [9.17, 15) is 5.11 Å². The Balaban J connectivity index is 1.48. The Morgan fingerprint density at radius 3 is 2.42 bits per heavy atom. The van der Waals surface area contributed by atoms with Crippen molar-refractivity contribution in [2.45, 2.75) is 27.3 Å². The number of aryl methyl sites for hydroxylation is 3. The molecule has 2 heterocycles. The molecule has 0 amide bonds. The largest absolute Gasteiger partial charge is 0.368 e. The van der Waals surface area contributed by atoms with E-state index < -0.39 is 0 Å². The van der Waals surface area contributed by atoms with Crippen molar-refractivity contribution in [2.24, 2.45) is 0 Å². The summed E-state index contributed by atoms with van der Waals surface area (Å²) in [5.74, 6) is 0.0222. The molecule has 26 heavy (non-hydrogen) atoms. The number of anilines is 1. The van der Waals surface area contributed by atoms with Crippen LogP contribution in [-0.4, -0.2) is 36.1 Å². The van der Waals surface area contributed by atoms with Crippen LogP contribution in [0.2, 0.25) is 0 Å². The molecule has 3 aromatic rings. The number of nitrogens with zero attached hydrogens (tertiary/aromatic N) is 3. The first-order valence-corrected chi connectivity index (χ1v) is 9.98. The Morgan fingerprint density at radius 2 is 1.73 bits per heavy atom. The number of fused-ring (bicyclic) bond motifs is 1. The molecule has 0 saturated carbocycles. The van der Waals surface area contributed by atoms with Crippen molar-refractivity contribution < 1.29 is 5.11 Å². The van der Waals surface area contributed by atoms with Crippen LogP contribution >= 0.6 is 11.3 Å². The summed E-state index contributed by atoms with van der Waals surface area (Å²) in [6.07, 6.45) is 0. The number of rotatable bonds is 3. The minimum atomic E-state index is 0.0222. The fourth-order valence-electron chi connectivity index (χ4n) is 3.99. The van der Waals surface area contributed by atoms with Crippen LogP contribution in [-0.2, 0) is 11.7 Å². The van der Waals surface area contributed by atoms with Gasteiger partial charge < -0.3 is 4.90 Å². The number of piperazine rings is 1. The first kappa shape index (κ1) is 17.3. The van der Waals surface area contributed by atoms with Gasteiger partial charge in [0.2, 0.25) is 5.75 Å². The van der Waals surface area contributed by atoms with Crippen LogP contribution in [0.4, 0.5) is 5.69 Å². The number of hydrogen-bond donors (Lipinski definition) is 0. The van der Waals surface area contributed by atoms with Crippen molar-refractivity contribution in [1.82, 2.24) is 9.88 Å². The summed E-state index contributed by atoms with van der Waals surface area (Å²) in [7, 11) is 0. The topological polar surface area (TPSA) is 39.3 Å². The minimum Gasteiger partial charge on any atom is -0.368 e. The van der Waals surface area contributed by atoms with E-state index in [2.05, 4.69) is 47.7 Å². The van der Waals surface area contributed by atoms with Gasteiger partial charge in [-0.25, -0.2) is 4.98 Å². The van der Waals surface area contributed by atoms with Crippen molar-refractivity contribution in [3.63, 3.8) is 0 Å². The summed E-state index contributed by atoms with van der Waals surface area (Å²) in [5, 5.41) is 11.9. The van der Waals surface area contributed by atoms with Crippen molar-refractivity contribution in [1.29, 1.82) is 0 Å². The normalized spacial score (nSPS) is 15.7. The van der Waals surface area contributed by atoms with Gasteiger partial charge in [-0.2, -0.15) is 0 Å². The lowest BCUT2D eigenvalue weighted by atomic mass is 9.99. The maximum absolute atomic E-state index is 11.9. The maximum Gasteiger partial charge on any atom is 0.205 e. The average molecular weight is 367 g/mol. The quantitative estimate of drug-likeness (QED) is 0.675. The molecule has 4 nitrogen and oxygen atoms in total. The number of aromatic nitrogens is 1. The monoisotopic (exact) mass is 366 g/mol. The van der Waals surface area contributed by atoms with Crippen LogP contribution in [0, 0.1) is 20.8 Å². The molecule has 2 aromatic carbocycles. The second-order valence-electron chi connectivity index (χ2n) is 7.25. The predicted octanol–water partition coefficient (Wildman–Crippen LogP) is 4.69. The van der Waals surface area contributed by atoms with Gasteiger partial charge in [0, 0.05) is 32.7 Å². The molecule has 1 saturated heterocycles.